The molecule has 0 aromatic rings. The van der Waals surface area contributed by atoms with Gasteiger partial charge in [-0.15, -0.1) is 0 Å². The van der Waals surface area contributed by atoms with Crippen LogP contribution in [0.1, 0.15) is 267 Å². The van der Waals surface area contributed by atoms with E-state index in [1.165, 1.54) is 116 Å². The molecule has 5 unspecified atom stereocenters. The molecule has 0 heterocycles. The summed E-state index contributed by atoms with van der Waals surface area (Å²) in [4.78, 5) is 0. The minimum atomic E-state index is 0.341. The zero-order chi connectivity index (χ0) is 49.0. The molecule has 0 aromatic heterocycles. The standard InChI is InChI=1S/C14H30.2C9H21N.3C8H19N/c1-6-9-11-14(8-3,10-7-2)12-13(4)5;1-8(2)7-9(3)5-4-6-10;1-8(2)5-4-6-9(3)7-10;1-7(2)5-8(3,4)6-9;1-4-8(5-6-9)7(2)3;1-4-8(9)6-5-7(2)3/h13H,6-12H2,1-5H3;2*8-9H,4-7,10H2,1-3H3;7H,5-6,9H2,1-4H3;2*7-8H,4-6,9H2,1-3H3. The summed E-state index contributed by atoms with van der Waals surface area (Å²) >= 11 is 0. The van der Waals surface area contributed by atoms with Gasteiger partial charge in [-0.3, -0.25) is 0 Å². The molecular weight excluding hydrogens is 743 g/mol. The van der Waals surface area contributed by atoms with Crippen LogP contribution in [0, 0.1) is 64.1 Å². The molecule has 0 rings (SSSR count). The molecular formula is C56H129N5. The molecule has 10 N–H and O–H groups in total. The first-order valence-corrected chi connectivity index (χ1v) is 26.8. The molecule has 0 radical (unpaired) electrons. The van der Waals surface area contributed by atoms with Crippen molar-refractivity contribution in [2.24, 2.45) is 92.8 Å². The van der Waals surface area contributed by atoms with Crippen molar-refractivity contribution in [2.75, 3.05) is 26.2 Å². The Hall–Kier alpha value is -0.200. The maximum atomic E-state index is 5.72. The summed E-state index contributed by atoms with van der Waals surface area (Å²) in [5.41, 5.74) is 28.6. The van der Waals surface area contributed by atoms with Gasteiger partial charge in [0.1, 0.15) is 0 Å². The monoisotopic (exact) mass is 872 g/mol. The Bertz CT molecular complexity index is 792. The van der Waals surface area contributed by atoms with E-state index in [4.69, 9.17) is 28.7 Å². The lowest BCUT2D eigenvalue weighted by Crippen LogP contribution is -2.24. The molecule has 0 bridgehead atoms. The molecule has 5 atom stereocenters. The van der Waals surface area contributed by atoms with Crippen LogP contribution in [0.4, 0.5) is 0 Å². The van der Waals surface area contributed by atoms with Crippen molar-refractivity contribution in [1.29, 1.82) is 0 Å². The van der Waals surface area contributed by atoms with Gasteiger partial charge in [-0.2, -0.15) is 0 Å². The average Bonchev–Trinajstić information content (AvgIpc) is 3.17. The molecule has 5 nitrogen and oxygen atoms in total. The summed E-state index contributed by atoms with van der Waals surface area (Å²) in [5.74, 6) is 7.36. The Balaban J connectivity index is -0.000000150. The molecule has 0 saturated carbocycles. The van der Waals surface area contributed by atoms with Crippen LogP contribution in [-0.4, -0.2) is 32.2 Å². The van der Waals surface area contributed by atoms with E-state index in [0.29, 0.717) is 16.9 Å². The van der Waals surface area contributed by atoms with Crippen molar-refractivity contribution in [1.82, 2.24) is 0 Å². The normalized spacial score (nSPS) is 14.4. The smallest absolute Gasteiger partial charge is 0.00363 e. The van der Waals surface area contributed by atoms with Crippen molar-refractivity contribution in [2.45, 2.75) is 273 Å². The molecule has 0 aromatic carbocycles. The lowest BCUT2D eigenvalue weighted by molar-refractivity contribution is 0.174. The van der Waals surface area contributed by atoms with Crippen LogP contribution in [0.15, 0.2) is 0 Å². The Labute approximate surface area is 391 Å². The Morgan fingerprint density at radius 2 is 0.984 bits per heavy atom. The van der Waals surface area contributed by atoms with Gasteiger partial charge in [0.05, 0.1) is 0 Å². The lowest BCUT2D eigenvalue weighted by Gasteiger charge is -2.34. The maximum Gasteiger partial charge on any atom is 0.00363 e. The molecule has 0 spiro atoms. The summed E-state index contributed by atoms with van der Waals surface area (Å²) in [6.45, 7) is 51.0. The third-order valence-electron chi connectivity index (χ3n) is 12.2. The van der Waals surface area contributed by atoms with E-state index in [2.05, 4.69) is 145 Å². The molecule has 0 amide bonds. The zero-order valence-electron chi connectivity index (χ0n) is 46.9. The van der Waals surface area contributed by atoms with Crippen LogP contribution >= 0.6 is 0 Å². The average molecular weight is 873 g/mol. The van der Waals surface area contributed by atoms with Gasteiger partial charge in [0.25, 0.3) is 0 Å². The second-order valence-electron chi connectivity index (χ2n) is 22.7. The fraction of sp³-hybridized carbons (Fsp3) is 1.00. The summed E-state index contributed by atoms with van der Waals surface area (Å²) in [5, 5.41) is 0. The van der Waals surface area contributed by atoms with Gasteiger partial charge in [0.2, 0.25) is 0 Å². The predicted octanol–water partition coefficient (Wildman–Crippen LogP) is 16.4. The quantitative estimate of drug-likeness (QED) is 0.0511. The van der Waals surface area contributed by atoms with Crippen LogP contribution in [0.2, 0.25) is 0 Å². The minimum Gasteiger partial charge on any atom is -0.330 e. The van der Waals surface area contributed by atoms with Crippen LogP contribution in [-0.2, 0) is 0 Å². The number of hydrogen-bond donors (Lipinski definition) is 5. The van der Waals surface area contributed by atoms with Crippen LogP contribution in [0.3, 0.4) is 0 Å². The zero-order valence-corrected chi connectivity index (χ0v) is 46.9. The highest BCUT2D eigenvalue weighted by molar-refractivity contribution is 4.79. The highest BCUT2D eigenvalue weighted by atomic mass is 14.6. The molecule has 0 aliphatic heterocycles. The first kappa shape index (κ1) is 72.4. The van der Waals surface area contributed by atoms with E-state index in [1.54, 1.807) is 0 Å². The third-order valence-corrected chi connectivity index (χ3v) is 12.2. The summed E-state index contributed by atoms with van der Waals surface area (Å²) in [6.07, 6.45) is 24.9. The molecule has 0 aliphatic rings. The fourth-order valence-electron chi connectivity index (χ4n) is 8.32. The van der Waals surface area contributed by atoms with Gasteiger partial charge in [-0.05, 0) is 167 Å². The number of unbranched alkanes of at least 4 members (excludes halogenated alkanes) is 1. The van der Waals surface area contributed by atoms with Gasteiger partial charge in [0.15, 0.2) is 0 Å². The van der Waals surface area contributed by atoms with E-state index in [1.807, 2.05) is 0 Å². The lowest BCUT2D eigenvalue weighted by atomic mass is 9.71. The first-order valence-electron chi connectivity index (χ1n) is 26.8. The van der Waals surface area contributed by atoms with Gasteiger partial charge in [-0.25, -0.2) is 0 Å². The number of nitrogens with two attached hydrogens (primary N) is 5. The first-order chi connectivity index (χ1) is 28.3. The molecule has 5 heteroatoms. The Morgan fingerprint density at radius 1 is 0.459 bits per heavy atom. The van der Waals surface area contributed by atoms with Crippen LogP contribution < -0.4 is 28.7 Å². The molecule has 0 aliphatic carbocycles. The molecule has 61 heavy (non-hydrogen) atoms. The fourth-order valence-corrected chi connectivity index (χ4v) is 8.32. The van der Waals surface area contributed by atoms with Gasteiger partial charge < -0.3 is 28.7 Å². The van der Waals surface area contributed by atoms with Crippen LogP contribution in [0.25, 0.3) is 0 Å². The number of hydrogen-bond acceptors (Lipinski definition) is 5. The summed E-state index contributed by atoms with van der Waals surface area (Å²) in [6, 6.07) is 0.437. The Kier molecular flexibility index (Phi) is 58.4. The third kappa shape index (κ3) is 61.9. The van der Waals surface area contributed by atoms with Crippen molar-refractivity contribution >= 4 is 0 Å². The highest BCUT2D eigenvalue weighted by Gasteiger charge is 2.27. The van der Waals surface area contributed by atoms with Crippen molar-refractivity contribution < 1.29 is 0 Å². The second kappa shape index (κ2) is 49.2. The van der Waals surface area contributed by atoms with Gasteiger partial charge in [0, 0.05) is 6.04 Å². The number of rotatable bonds is 29. The van der Waals surface area contributed by atoms with E-state index in [0.717, 1.165) is 85.9 Å². The summed E-state index contributed by atoms with van der Waals surface area (Å²) in [7, 11) is 0. The summed E-state index contributed by atoms with van der Waals surface area (Å²) < 4.78 is 0. The second-order valence-corrected chi connectivity index (χ2v) is 22.7. The minimum absolute atomic E-state index is 0.341. The molecule has 378 valence electrons. The van der Waals surface area contributed by atoms with Crippen LogP contribution in [0.5, 0.6) is 0 Å². The predicted molar refractivity (Wildman–Crippen MR) is 287 cm³/mol. The van der Waals surface area contributed by atoms with Crippen molar-refractivity contribution in [3.05, 3.63) is 0 Å². The van der Waals surface area contributed by atoms with E-state index in [-0.39, 0.29) is 0 Å². The largest absolute Gasteiger partial charge is 0.330 e. The SMILES string of the molecule is CC(C)CC(C)(C)CN.CC(C)CC(C)CCCN.CC(C)CCCC(C)CN.CCC(CCN)C(C)C.CCC(N)CCC(C)C.CCCCC(CC)(CCC)CC(C)C. The van der Waals surface area contributed by atoms with E-state index < -0.39 is 0 Å². The highest BCUT2D eigenvalue weighted by Crippen LogP contribution is 2.40. The van der Waals surface area contributed by atoms with E-state index in [9.17, 15) is 0 Å². The molecule has 0 saturated heterocycles. The van der Waals surface area contributed by atoms with E-state index >= 15 is 0 Å². The van der Waals surface area contributed by atoms with Crippen molar-refractivity contribution in [3.63, 3.8) is 0 Å². The topological polar surface area (TPSA) is 130 Å². The van der Waals surface area contributed by atoms with Gasteiger partial charge >= 0.3 is 0 Å². The maximum absolute atomic E-state index is 5.72. The van der Waals surface area contributed by atoms with Crippen molar-refractivity contribution in [3.8, 4) is 0 Å². The van der Waals surface area contributed by atoms with Gasteiger partial charge in [-0.1, -0.05) is 190 Å². The molecule has 0 fully saturated rings. The Morgan fingerprint density at radius 3 is 1.28 bits per heavy atom.